The Balaban J connectivity index is 2.24. The lowest BCUT2D eigenvalue weighted by atomic mass is 10.2. The molecule has 0 fully saturated rings. The largest absolute Gasteiger partial charge is 0.373 e. The van der Waals surface area contributed by atoms with Crippen molar-refractivity contribution in [2.75, 3.05) is 30.5 Å². The van der Waals surface area contributed by atoms with Crippen molar-refractivity contribution in [1.29, 1.82) is 0 Å². The van der Waals surface area contributed by atoms with Gasteiger partial charge in [0.15, 0.2) is 5.82 Å². The van der Waals surface area contributed by atoms with Crippen molar-refractivity contribution >= 4 is 22.4 Å². The summed E-state index contributed by atoms with van der Waals surface area (Å²) in [6, 6.07) is 11.7. The zero-order valence-corrected chi connectivity index (χ0v) is 13.3. The maximum atomic E-state index is 11.4. The van der Waals surface area contributed by atoms with Gasteiger partial charge >= 0.3 is 0 Å². The van der Waals surface area contributed by atoms with Crippen LogP contribution in [0.25, 0.3) is 11.4 Å². The number of hydrogen-bond acceptors (Lipinski definition) is 5. The van der Waals surface area contributed by atoms with E-state index in [1.165, 1.54) is 0 Å². The van der Waals surface area contributed by atoms with Crippen molar-refractivity contribution in [2.24, 2.45) is 0 Å². The molecule has 6 heteroatoms. The van der Waals surface area contributed by atoms with Crippen LogP contribution in [0.15, 0.2) is 36.4 Å². The summed E-state index contributed by atoms with van der Waals surface area (Å²) >= 11 is 0. The summed E-state index contributed by atoms with van der Waals surface area (Å²) in [5.41, 5.74) is 0.963. The Morgan fingerprint density at radius 2 is 1.86 bits per heavy atom. The van der Waals surface area contributed by atoms with Gasteiger partial charge in [-0.1, -0.05) is 30.3 Å². The minimum atomic E-state index is -0.854. The summed E-state index contributed by atoms with van der Waals surface area (Å²) in [7, 11) is 0.970. The number of aromatic nitrogens is 2. The smallest absolute Gasteiger partial charge is 0.163 e. The van der Waals surface area contributed by atoms with Crippen LogP contribution in [0.3, 0.4) is 0 Å². The predicted molar refractivity (Wildman–Crippen MR) is 89.0 cm³/mol. The van der Waals surface area contributed by atoms with Crippen molar-refractivity contribution in [3.63, 3.8) is 0 Å². The summed E-state index contributed by atoms with van der Waals surface area (Å²) in [5, 5.41) is 6.33. The third kappa shape index (κ3) is 4.26. The quantitative estimate of drug-likeness (QED) is 0.857. The van der Waals surface area contributed by atoms with E-state index in [4.69, 9.17) is 0 Å². The van der Waals surface area contributed by atoms with Crippen molar-refractivity contribution < 1.29 is 4.21 Å². The highest BCUT2D eigenvalue weighted by molar-refractivity contribution is 7.84. The minimum absolute atomic E-state index is 0.0678. The molecule has 0 saturated heterocycles. The summed E-state index contributed by atoms with van der Waals surface area (Å²) < 4.78 is 11.4. The molecule has 5 nitrogen and oxygen atoms in total. The summed E-state index contributed by atoms with van der Waals surface area (Å²) in [6.07, 6.45) is 1.71. The molecule has 1 aromatic heterocycles. The van der Waals surface area contributed by atoms with Crippen LogP contribution in [-0.4, -0.2) is 39.3 Å². The average Bonchev–Trinajstić information content (AvgIpc) is 2.52. The van der Waals surface area contributed by atoms with Crippen LogP contribution in [0.4, 0.5) is 11.6 Å². The Morgan fingerprint density at radius 1 is 1.19 bits per heavy atom. The third-order valence-electron chi connectivity index (χ3n) is 3.15. The second kappa shape index (κ2) is 7.17. The van der Waals surface area contributed by atoms with Gasteiger partial charge in [0.25, 0.3) is 0 Å². The van der Waals surface area contributed by atoms with Crippen molar-refractivity contribution in [1.82, 2.24) is 9.97 Å². The van der Waals surface area contributed by atoms with Gasteiger partial charge in [0.05, 0.1) is 0 Å². The van der Waals surface area contributed by atoms with Crippen molar-refractivity contribution in [3.8, 4) is 11.4 Å². The van der Waals surface area contributed by atoms with Crippen LogP contribution in [0.5, 0.6) is 0 Å². The molecule has 0 radical (unpaired) electrons. The normalized spacial score (nSPS) is 13.5. The minimum Gasteiger partial charge on any atom is -0.373 e. The van der Waals surface area contributed by atoms with E-state index < -0.39 is 10.8 Å². The molecule has 0 spiro atoms. The Morgan fingerprint density at radius 3 is 2.48 bits per heavy atom. The van der Waals surface area contributed by atoms with Gasteiger partial charge in [-0.15, -0.1) is 0 Å². The average molecular weight is 304 g/mol. The molecule has 0 aliphatic carbocycles. The number of anilines is 2. The Bertz CT molecular complexity index is 618. The molecule has 21 heavy (non-hydrogen) atoms. The lowest BCUT2D eigenvalue weighted by Crippen LogP contribution is -2.21. The lowest BCUT2D eigenvalue weighted by Gasteiger charge is -2.12. The maximum Gasteiger partial charge on any atom is 0.163 e. The van der Waals surface area contributed by atoms with E-state index >= 15 is 0 Å². The fourth-order valence-electron chi connectivity index (χ4n) is 1.75. The first-order valence-electron chi connectivity index (χ1n) is 6.78. The Kier molecular flexibility index (Phi) is 5.27. The Hall–Kier alpha value is -1.95. The van der Waals surface area contributed by atoms with E-state index in [2.05, 4.69) is 20.6 Å². The summed E-state index contributed by atoms with van der Waals surface area (Å²) in [5.74, 6) is 2.14. The summed E-state index contributed by atoms with van der Waals surface area (Å²) in [4.78, 5) is 8.98. The van der Waals surface area contributed by atoms with Gasteiger partial charge in [0.1, 0.15) is 11.6 Å². The Labute approximate surface area is 127 Å². The molecule has 2 atom stereocenters. The van der Waals surface area contributed by atoms with Crippen LogP contribution in [-0.2, 0) is 10.8 Å². The van der Waals surface area contributed by atoms with Crippen LogP contribution < -0.4 is 10.6 Å². The van der Waals surface area contributed by atoms with Gasteiger partial charge < -0.3 is 10.6 Å². The third-order valence-corrected chi connectivity index (χ3v) is 4.45. The second-order valence-electron chi connectivity index (χ2n) is 4.77. The first-order valence-corrected chi connectivity index (χ1v) is 8.40. The van der Waals surface area contributed by atoms with Crippen LogP contribution in [0, 0.1) is 0 Å². The summed E-state index contributed by atoms with van der Waals surface area (Å²) in [6.45, 7) is 2.55. The van der Waals surface area contributed by atoms with E-state index in [1.54, 1.807) is 6.26 Å². The van der Waals surface area contributed by atoms with Gasteiger partial charge in [0.2, 0.25) is 0 Å². The van der Waals surface area contributed by atoms with Gasteiger partial charge in [-0.25, -0.2) is 9.97 Å². The van der Waals surface area contributed by atoms with E-state index in [0.717, 1.165) is 17.2 Å². The molecule has 0 saturated carbocycles. The molecule has 0 aliphatic heterocycles. The molecule has 112 valence electrons. The van der Waals surface area contributed by atoms with Gasteiger partial charge in [0, 0.05) is 47.5 Å². The molecule has 2 N–H and O–H groups in total. The zero-order chi connectivity index (χ0) is 15.2. The molecular weight excluding hydrogens is 284 g/mol. The van der Waals surface area contributed by atoms with Gasteiger partial charge in [-0.3, -0.25) is 4.21 Å². The first-order chi connectivity index (χ1) is 10.1. The molecule has 0 aliphatic rings. The highest BCUT2D eigenvalue weighted by Gasteiger charge is 2.09. The van der Waals surface area contributed by atoms with Crippen molar-refractivity contribution in [2.45, 2.75) is 12.2 Å². The van der Waals surface area contributed by atoms with E-state index in [-0.39, 0.29) is 5.25 Å². The van der Waals surface area contributed by atoms with E-state index in [9.17, 15) is 4.21 Å². The van der Waals surface area contributed by atoms with Gasteiger partial charge in [-0.2, -0.15) is 0 Å². The number of hydrogen-bond donors (Lipinski definition) is 2. The fraction of sp³-hybridized carbons (Fsp3) is 0.333. The molecule has 2 rings (SSSR count). The zero-order valence-electron chi connectivity index (χ0n) is 12.5. The van der Waals surface area contributed by atoms with Crippen LogP contribution >= 0.6 is 0 Å². The first kappa shape index (κ1) is 15.4. The highest BCUT2D eigenvalue weighted by Crippen LogP contribution is 2.19. The predicted octanol–water partition coefficient (Wildman–Crippen LogP) is 2.36. The monoisotopic (exact) mass is 304 g/mol. The molecule has 1 heterocycles. The van der Waals surface area contributed by atoms with Gasteiger partial charge in [-0.05, 0) is 6.92 Å². The SMILES string of the molecule is CNc1cc(NCC(C)S(C)=O)nc(-c2ccccc2)n1. The molecule has 0 amide bonds. The number of nitrogens with one attached hydrogen (secondary N) is 2. The molecular formula is C15H20N4OS. The lowest BCUT2D eigenvalue weighted by molar-refractivity contribution is 0.679. The van der Waals surface area contributed by atoms with Crippen LogP contribution in [0.1, 0.15) is 6.92 Å². The molecule has 1 aromatic carbocycles. The highest BCUT2D eigenvalue weighted by atomic mass is 32.2. The number of rotatable bonds is 6. The molecule has 0 bridgehead atoms. The number of benzene rings is 1. The van der Waals surface area contributed by atoms with Crippen molar-refractivity contribution in [3.05, 3.63) is 36.4 Å². The second-order valence-corrected chi connectivity index (χ2v) is 6.57. The number of nitrogens with zero attached hydrogens (tertiary/aromatic N) is 2. The standard InChI is InChI=1S/C15H20N4OS/c1-11(21(3)20)10-17-14-9-13(16-2)18-15(19-14)12-7-5-4-6-8-12/h4-9,11H,10H2,1-3H3,(H2,16,17,18,19). The maximum absolute atomic E-state index is 11.4. The van der Waals surface area contributed by atoms with Crippen LogP contribution in [0.2, 0.25) is 0 Å². The molecule has 2 aromatic rings. The van der Waals surface area contributed by atoms with E-state index in [1.807, 2.05) is 50.4 Å². The fourth-order valence-corrected chi connectivity index (χ4v) is 2.07. The topological polar surface area (TPSA) is 66.9 Å². The molecule has 2 unspecified atom stereocenters. The van der Waals surface area contributed by atoms with E-state index in [0.29, 0.717) is 12.4 Å².